The first-order chi connectivity index (χ1) is 10.6. The number of anilines is 1. The van der Waals surface area contributed by atoms with E-state index in [2.05, 4.69) is 21.2 Å². The van der Waals surface area contributed by atoms with Gasteiger partial charge in [-0.1, -0.05) is 40.2 Å². The SMILES string of the molecule is NC(=O)c1ccccc1NC(=O)CSCc1cccc(Br)c1. The van der Waals surface area contributed by atoms with Crippen LogP contribution in [-0.2, 0) is 10.5 Å². The Hall–Kier alpha value is -1.79. The highest BCUT2D eigenvalue weighted by atomic mass is 79.9. The minimum absolute atomic E-state index is 0.159. The minimum atomic E-state index is -0.558. The molecule has 0 atom stereocenters. The van der Waals surface area contributed by atoms with Crippen LogP contribution in [0.15, 0.2) is 53.0 Å². The Bertz CT molecular complexity index is 691. The van der Waals surface area contributed by atoms with Crippen LogP contribution in [0.5, 0.6) is 0 Å². The molecule has 2 aromatic rings. The maximum atomic E-state index is 12.0. The summed E-state index contributed by atoms with van der Waals surface area (Å²) in [7, 11) is 0. The number of thioether (sulfide) groups is 1. The number of para-hydroxylation sites is 1. The van der Waals surface area contributed by atoms with E-state index in [-0.39, 0.29) is 5.91 Å². The number of benzene rings is 2. The molecule has 2 amide bonds. The lowest BCUT2D eigenvalue weighted by molar-refractivity contribution is -0.113. The predicted octanol–water partition coefficient (Wildman–Crippen LogP) is 3.42. The lowest BCUT2D eigenvalue weighted by Crippen LogP contribution is -2.19. The van der Waals surface area contributed by atoms with Crippen LogP contribution in [0, 0.1) is 0 Å². The van der Waals surface area contributed by atoms with Crippen LogP contribution >= 0.6 is 27.7 Å². The summed E-state index contributed by atoms with van der Waals surface area (Å²) in [6.07, 6.45) is 0. The fourth-order valence-electron chi connectivity index (χ4n) is 1.88. The molecule has 0 aromatic heterocycles. The van der Waals surface area contributed by atoms with Crippen molar-refractivity contribution in [3.05, 3.63) is 64.1 Å². The molecule has 0 bridgehead atoms. The third-order valence-electron chi connectivity index (χ3n) is 2.86. The van der Waals surface area contributed by atoms with Gasteiger partial charge in [0.15, 0.2) is 0 Å². The Balaban J connectivity index is 1.87. The van der Waals surface area contributed by atoms with Crippen molar-refractivity contribution in [1.29, 1.82) is 0 Å². The van der Waals surface area contributed by atoms with E-state index in [1.54, 1.807) is 24.3 Å². The second kappa shape index (κ2) is 8.00. The smallest absolute Gasteiger partial charge is 0.250 e. The Morgan fingerprint density at radius 3 is 2.64 bits per heavy atom. The molecule has 2 rings (SSSR count). The van der Waals surface area contributed by atoms with Crippen molar-refractivity contribution in [2.75, 3.05) is 11.1 Å². The molecule has 0 fully saturated rings. The number of carbonyl (C=O) groups excluding carboxylic acids is 2. The number of hydrogen-bond acceptors (Lipinski definition) is 3. The van der Waals surface area contributed by atoms with Crippen molar-refractivity contribution in [1.82, 2.24) is 0 Å². The fraction of sp³-hybridized carbons (Fsp3) is 0.125. The summed E-state index contributed by atoms with van der Waals surface area (Å²) in [6.45, 7) is 0. The van der Waals surface area contributed by atoms with E-state index in [0.717, 1.165) is 15.8 Å². The number of nitrogens with two attached hydrogens (primary N) is 1. The van der Waals surface area contributed by atoms with Gasteiger partial charge in [0.25, 0.3) is 5.91 Å². The van der Waals surface area contributed by atoms with Crippen LogP contribution < -0.4 is 11.1 Å². The van der Waals surface area contributed by atoms with Gasteiger partial charge in [0.05, 0.1) is 17.0 Å². The van der Waals surface area contributed by atoms with E-state index >= 15 is 0 Å². The lowest BCUT2D eigenvalue weighted by Gasteiger charge is -2.08. The minimum Gasteiger partial charge on any atom is -0.366 e. The summed E-state index contributed by atoms with van der Waals surface area (Å²) in [6, 6.07) is 14.7. The molecule has 114 valence electrons. The first-order valence-electron chi connectivity index (χ1n) is 6.57. The summed E-state index contributed by atoms with van der Waals surface area (Å²) >= 11 is 4.92. The fourth-order valence-corrected chi connectivity index (χ4v) is 3.10. The van der Waals surface area contributed by atoms with Crippen molar-refractivity contribution >= 4 is 45.2 Å². The van der Waals surface area contributed by atoms with Gasteiger partial charge < -0.3 is 11.1 Å². The first-order valence-corrected chi connectivity index (χ1v) is 8.52. The Morgan fingerprint density at radius 2 is 1.91 bits per heavy atom. The molecule has 2 aromatic carbocycles. The number of amides is 2. The Kier molecular flexibility index (Phi) is 6.03. The van der Waals surface area contributed by atoms with E-state index in [9.17, 15) is 9.59 Å². The highest BCUT2D eigenvalue weighted by Gasteiger charge is 2.10. The molecule has 0 aliphatic heterocycles. The molecular formula is C16H15BrN2O2S. The maximum absolute atomic E-state index is 12.0. The molecule has 0 heterocycles. The zero-order valence-electron chi connectivity index (χ0n) is 11.7. The molecule has 3 N–H and O–H groups in total. The highest BCUT2D eigenvalue weighted by molar-refractivity contribution is 9.10. The van der Waals surface area contributed by atoms with Crippen LogP contribution in [0.2, 0.25) is 0 Å². The molecule has 0 aliphatic carbocycles. The molecule has 4 nitrogen and oxygen atoms in total. The van der Waals surface area contributed by atoms with E-state index in [1.165, 1.54) is 11.8 Å². The summed E-state index contributed by atoms with van der Waals surface area (Å²) in [5.74, 6) is 0.329. The molecule has 0 unspecified atom stereocenters. The number of rotatable bonds is 6. The normalized spacial score (nSPS) is 10.2. The number of hydrogen-bond donors (Lipinski definition) is 2. The Labute approximate surface area is 141 Å². The quantitative estimate of drug-likeness (QED) is 0.808. The van der Waals surface area contributed by atoms with Gasteiger partial charge in [-0.05, 0) is 29.8 Å². The van der Waals surface area contributed by atoms with E-state index in [4.69, 9.17) is 5.73 Å². The monoisotopic (exact) mass is 378 g/mol. The predicted molar refractivity (Wildman–Crippen MR) is 93.9 cm³/mol. The van der Waals surface area contributed by atoms with Gasteiger partial charge in [-0.25, -0.2) is 0 Å². The topological polar surface area (TPSA) is 72.2 Å². The number of halogens is 1. The molecule has 6 heteroatoms. The molecule has 0 saturated heterocycles. The average Bonchev–Trinajstić information content (AvgIpc) is 2.47. The number of primary amides is 1. The van der Waals surface area contributed by atoms with Crippen LogP contribution in [0.4, 0.5) is 5.69 Å². The van der Waals surface area contributed by atoms with Gasteiger partial charge in [-0.3, -0.25) is 9.59 Å². The number of nitrogens with one attached hydrogen (secondary N) is 1. The molecule has 22 heavy (non-hydrogen) atoms. The van der Waals surface area contributed by atoms with E-state index in [1.807, 2.05) is 24.3 Å². The summed E-state index contributed by atoms with van der Waals surface area (Å²) in [4.78, 5) is 23.2. The molecule has 0 aliphatic rings. The van der Waals surface area contributed by atoms with E-state index < -0.39 is 5.91 Å². The maximum Gasteiger partial charge on any atom is 0.250 e. The average molecular weight is 379 g/mol. The van der Waals surface area contributed by atoms with E-state index in [0.29, 0.717) is 17.0 Å². The van der Waals surface area contributed by atoms with Gasteiger partial charge in [-0.2, -0.15) is 0 Å². The van der Waals surface area contributed by atoms with Gasteiger partial charge in [0, 0.05) is 10.2 Å². The summed E-state index contributed by atoms with van der Waals surface area (Å²) in [5.41, 5.74) is 7.18. The van der Waals surface area contributed by atoms with Crippen LogP contribution in [0.25, 0.3) is 0 Å². The molecule has 0 saturated carbocycles. The standard InChI is InChI=1S/C16H15BrN2O2S/c17-12-5-3-4-11(8-12)9-22-10-15(20)19-14-7-2-1-6-13(14)16(18)21/h1-8H,9-10H2,(H2,18,21)(H,19,20). The Morgan fingerprint density at radius 1 is 1.14 bits per heavy atom. The highest BCUT2D eigenvalue weighted by Crippen LogP contribution is 2.18. The number of carbonyl (C=O) groups is 2. The molecular weight excluding hydrogens is 364 g/mol. The second-order valence-electron chi connectivity index (χ2n) is 4.58. The van der Waals surface area contributed by atoms with Gasteiger partial charge >= 0.3 is 0 Å². The van der Waals surface area contributed by atoms with Crippen molar-refractivity contribution in [2.45, 2.75) is 5.75 Å². The van der Waals surface area contributed by atoms with Crippen LogP contribution in [0.3, 0.4) is 0 Å². The van der Waals surface area contributed by atoms with Crippen molar-refractivity contribution in [3.8, 4) is 0 Å². The third-order valence-corrected chi connectivity index (χ3v) is 4.35. The van der Waals surface area contributed by atoms with Gasteiger partial charge in [0.1, 0.15) is 0 Å². The van der Waals surface area contributed by atoms with Crippen LogP contribution in [0.1, 0.15) is 15.9 Å². The second-order valence-corrected chi connectivity index (χ2v) is 6.48. The first kappa shape index (κ1) is 16.6. The molecule has 0 radical (unpaired) electrons. The summed E-state index contributed by atoms with van der Waals surface area (Å²) < 4.78 is 1.02. The molecule has 0 spiro atoms. The van der Waals surface area contributed by atoms with Gasteiger partial charge in [-0.15, -0.1) is 11.8 Å². The lowest BCUT2D eigenvalue weighted by atomic mass is 10.1. The zero-order chi connectivity index (χ0) is 15.9. The van der Waals surface area contributed by atoms with Crippen molar-refractivity contribution < 1.29 is 9.59 Å². The van der Waals surface area contributed by atoms with Crippen molar-refractivity contribution in [3.63, 3.8) is 0 Å². The summed E-state index contributed by atoms with van der Waals surface area (Å²) in [5, 5.41) is 2.72. The largest absolute Gasteiger partial charge is 0.366 e. The van der Waals surface area contributed by atoms with Gasteiger partial charge in [0.2, 0.25) is 5.91 Å². The van der Waals surface area contributed by atoms with Crippen molar-refractivity contribution in [2.24, 2.45) is 5.73 Å². The third kappa shape index (κ3) is 4.89. The zero-order valence-corrected chi connectivity index (χ0v) is 14.1. The van der Waals surface area contributed by atoms with Crippen LogP contribution in [-0.4, -0.2) is 17.6 Å².